The second kappa shape index (κ2) is 5.27. The van der Waals surface area contributed by atoms with Gasteiger partial charge in [0.15, 0.2) is 0 Å². The van der Waals surface area contributed by atoms with Crippen molar-refractivity contribution in [2.24, 2.45) is 0 Å². The number of nitrogens with one attached hydrogen (secondary N) is 1. The van der Waals surface area contributed by atoms with Crippen LogP contribution in [0.5, 0.6) is 5.75 Å². The largest absolute Gasteiger partial charge is 0.490 e. The van der Waals surface area contributed by atoms with Crippen LogP contribution in [0.25, 0.3) is 0 Å². The molecule has 1 aromatic rings. The van der Waals surface area contributed by atoms with Crippen LogP contribution in [-0.2, 0) is 6.54 Å². The zero-order valence-corrected chi connectivity index (χ0v) is 10.6. The Kier molecular flexibility index (Phi) is 3.50. The molecule has 0 saturated heterocycles. The molecule has 0 aliphatic heterocycles. The maximum Gasteiger partial charge on any atom is 0.127 e. The van der Waals surface area contributed by atoms with Gasteiger partial charge < -0.3 is 10.1 Å². The molecule has 0 bridgehead atoms. The fourth-order valence-electron chi connectivity index (χ4n) is 2.54. The molecule has 2 aliphatic carbocycles. The van der Waals surface area contributed by atoms with Crippen molar-refractivity contribution in [3.05, 3.63) is 29.6 Å². The van der Waals surface area contributed by atoms with Crippen molar-refractivity contribution in [1.29, 1.82) is 0 Å². The summed E-state index contributed by atoms with van der Waals surface area (Å²) in [6, 6.07) is 5.71. The molecule has 0 radical (unpaired) electrons. The van der Waals surface area contributed by atoms with Crippen molar-refractivity contribution < 1.29 is 9.13 Å². The predicted molar refractivity (Wildman–Crippen MR) is 69.1 cm³/mol. The summed E-state index contributed by atoms with van der Waals surface area (Å²) in [4.78, 5) is 0. The molecule has 2 saturated carbocycles. The average molecular weight is 249 g/mol. The first-order chi connectivity index (χ1) is 8.79. The number of benzene rings is 1. The molecule has 0 amide bonds. The first-order valence-electron chi connectivity index (χ1n) is 6.99. The van der Waals surface area contributed by atoms with E-state index in [0.29, 0.717) is 11.8 Å². The standard InChI is InChI=1S/C15H20FNO/c16-12-7-11(10-17-13-5-6-13)8-15(9-12)18-14-3-1-2-4-14/h7-9,13-14,17H,1-6,10H2. The molecule has 1 N–H and O–H groups in total. The molecule has 2 aliphatic rings. The van der Waals surface area contributed by atoms with E-state index in [1.54, 1.807) is 6.07 Å². The van der Waals surface area contributed by atoms with Crippen molar-refractivity contribution >= 4 is 0 Å². The Morgan fingerprint density at radius 2 is 1.89 bits per heavy atom. The topological polar surface area (TPSA) is 21.3 Å². The van der Waals surface area contributed by atoms with E-state index in [-0.39, 0.29) is 11.9 Å². The van der Waals surface area contributed by atoms with Crippen LogP contribution in [-0.4, -0.2) is 12.1 Å². The number of halogens is 1. The van der Waals surface area contributed by atoms with Crippen molar-refractivity contribution in [2.75, 3.05) is 0 Å². The van der Waals surface area contributed by atoms with Crippen LogP contribution in [0, 0.1) is 5.82 Å². The Morgan fingerprint density at radius 3 is 2.61 bits per heavy atom. The van der Waals surface area contributed by atoms with Crippen LogP contribution in [0.2, 0.25) is 0 Å². The minimum absolute atomic E-state index is 0.196. The predicted octanol–water partition coefficient (Wildman–Crippen LogP) is 3.40. The van der Waals surface area contributed by atoms with Crippen LogP contribution in [0.4, 0.5) is 4.39 Å². The van der Waals surface area contributed by atoms with Gasteiger partial charge in [0.05, 0.1) is 6.10 Å². The van der Waals surface area contributed by atoms with E-state index < -0.39 is 0 Å². The highest BCUT2D eigenvalue weighted by Crippen LogP contribution is 2.26. The van der Waals surface area contributed by atoms with Crippen LogP contribution in [0.15, 0.2) is 18.2 Å². The summed E-state index contributed by atoms with van der Waals surface area (Å²) in [6.07, 6.45) is 7.46. The van der Waals surface area contributed by atoms with Gasteiger partial charge in [-0.15, -0.1) is 0 Å². The normalized spacial score (nSPS) is 20.3. The lowest BCUT2D eigenvalue weighted by atomic mass is 10.2. The summed E-state index contributed by atoms with van der Waals surface area (Å²) in [5.74, 6) is 0.493. The maximum atomic E-state index is 13.5. The Balaban J connectivity index is 1.64. The van der Waals surface area contributed by atoms with Crippen LogP contribution in [0.3, 0.4) is 0 Å². The SMILES string of the molecule is Fc1cc(CNC2CC2)cc(OC2CCCC2)c1. The summed E-state index contributed by atoms with van der Waals surface area (Å²) in [5, 5.41) is 3.40. The van der Waals surface area contributed by atoms with Gasteiger partial charge in [-0.2, -0.15) is 0 Å². The van der Waals surface area contributed by atoms with E-state index in [9.17, 15) is 4.39 Å². The molecule has 2 nitrogen and oxygen atoms in total. The quantitative estimate of drug-likeness (QED) is 0.863. The van der Waals surface area contributed by atoms with Crippen LogP contribution in [0.1, 0.15) is 44.1 Å². The lowest BCUT2D eigenvalue weighted by Gasteiger charge is -2.14. The van der Waals surface area contributed by atoms with Gasteiger partial charge in [-0.3, -0.25) is 0 Å². The summed E-state index contributed by atoms with van der Waals surface area (Å²) in [6.45, 7) is 0.740. The van der Waals surface area contributed by atoms with Crippen LogP contribution < -0.4 is 10.1 Å². The van der Waals surface area contributed by atoms with Gasteiger partial charge in [-0.1, -0.05) is 0 Å². The molecule has 0 spiro atoms. The molecule has 0 aromatic heterocycles. The van der Waals surface area contributed by atoms with Crippen molar-refractivity contribution in [1.82, 2.24) is 5.32 Å². The highest BCUT2D eigenvalue weighted by molar-refractivity contribution is 5.30. The molecule has 1 aromatic carbocycles. The van der Waals surface area contributed by atoms with Gasteiger partial charge in [0.1, 0.15) is 11.6 Å². The third-order valence-electron chi connectivity index (χ3n) is 3.71. The Hall–Kier alpha value is -1.09. The summed E-state index contributed by atoms with van der Waals surface area (Å²) in [5.41, 5.74) is 0.981. The smallest absolute Gasteiger partial charge is 0.127 e. The second-order valence-corrected chi connectivity index (χ2v) is 5.47. The van der Waals surface area contributed by atoms with Crippen molar-refractivity contribution in [3.8, 4) is 5.75 Å². The fraction of sp³-hybridized carbons (Fsp3) is 0.600. The number of rotatable bonds is 5. The number of ether oxygens (including phenoxy) is 1. The van der Waals surface area contributed by atoms with E-state index in [0.717, 1.165) is 24.9 Å². The van der Waals surface area contributed by atoms with E-state index in [1.165, 1.54) is 31.7 Å². The molecule has 18 heavy (non-hydrogen) atoms. The number of hydrogen-bond donors (Lipinski definition) is 1. The molecule has 3 heteroatoms. The molecular weight excluding hydrogens is 229 g/mol. The molecule has 0 atom stereocenters. The second-order valence-electron chi connectivity index (χ2n) is 5.47. The first-order valence-corrected chi connectivity index (χ1v) is 6.99. The molecular formula is C15H20FNO. The summed E-state index contributed by atoms with van der Waals surface area (Å²) < 4.78 is 19.4. The molecule has 0 heterocycles. The van der Waals surface area contributed by atoms with E-state index in [1.807, 2.05) is 6.07 Å². The zero-order valence-electron chi connectivity index (χ0n) is 10.6. The van der Waals surface area contributed by atoms with Gasteiger partial charge >= 0.3 is 0 Å². The summed E-state index contributed by atoms with van der Waals surface area (Å²) >= 11 is 0. The fourth-order valence-corrected chi connectivity index (χ4v) is 2.54. The van der Waals surface area contributed by atoms with Gasteiger partial charge in [0.25, 0.3) is 0 Å². The Bertz CT molecular complexity index is 411. The third-order valence-corrected chi connectivity index (χ3v) is 3.71. The molecule has 2 fully saturated rings. The van der Waals surface area contributed by atoms with E-state index >= 15 is 0 Å². The minimum Gasteiger partial charge on any atom is -0.490 e. The Labute approximate surface area is 108 Å². The first kappa shape index (κ1) is 12.0. The minimum atomic E-state index is -0.196. The van der Waals surface area contributed by atoms with Crippen molar-refractivity contribution in [2.45, 2.75) is 57.2 Å². The lowest BCUT2D eigenvalue weighted by Crippen LogP contribution is -2.16. The summed E-state index contributed by atoms with van der Waals surface area (Å²) in [7, 11) is 0. The zero-order chi connectivity index (χ0) is 12.4. The molecule has 0 unspecified atom stereocenters. The van der Waals surface area contributed by atoms with E-state index in [4.69, 9.17) is 4.74 Å². The van der Waals surface area contributed by atoms with Gasteiger partial charge in [0.2, 0.25) is 0 Å². The lowest BCUT2D eigenvalue weighted by molar-refractivity contribution is 0.209. The van der Waals surface area contributed by atoms with Gasteiger partial charge in [-0.05, 0) is 56.2 Å². The average Bonchev–Trinajstić information content (AvgIpc) is 3.04. The maximum absolute atomic E-state index is 13.5. The number of hydrogen-bond acceptors (Lipinski definition) is 2. The molecule has 3 rings (SSSR count). The van der Waals surface area contributed by atoms with Crippen molar-refractivity contribution in [3.63, 3.8) is 0 Å². The third kappa shape index (κ3) is 3.22. The van der Waals surface area contributed by atoms with Crippen LogP contribution >= 0.6 is 0 Å². The monoisotopic (exact) mass is 249 g/mol. The highest BCUT2D eigenvalue weighted by Gasteiger charge is 2.20. The Morgan fingerprint density at radius 1 is 1.11 bits per heavy atom. The van der Waals surface area contributed by atoms with Gasteiger partial charge in [0, 0.05) is 18.7 Å². The highest BCUT2D eigenvalue weighted by atomic mass is 19.1. The van der Waals surface area contributed by atoms with Gasteiger partial charge in [-0.25, -0.2) is 4.39 Å². The molecule has 98 valence electrons. The van der Waals surface area contributed by atoms with E-state index in [2.05, 4.69) is 5.32 Å².